The van der Waals surface area contributed by atoms with Crippen LogP contribution in [-0.4, -0.2) is 39.9 Å². The van der Waals surface area contributed by atoms with Crippen LogP contribution in [0.25, 0.3) is 0 Å². The van der Waals surface area contributed by atoms with Gasteiger partial charge in [0.25, 0.3) is 11.6 Å². The first kappa shape index (κ1) is 15.5. The number of nitro groups is 1. The van der Waals surface area contributed by atoms with Gasteiger partial charge in [-0.25, -0.2) is 9.18 Å². The zero-order valence-electron chi connectivity index (χ0n) is 10.9. The summed E-state index contributed by atoms with van der Waals surface area (Å²) in [7, 11) is 1.24. The van der Waals surface area contributed by atoms with E-state index in [1.807, 2.05) is 0 Å². The summed E-state index contributed by atoms with van der Waals surface area (Å²) < 4.78 is 13.7. The van der Waals surface area contributed by atoms with E-state index in [4.69, 9.17) is 5.11 Å². The molecule has 108 valence electrons. The van der Waals surface area contributed by atoms with Crippen LogP contribution in [0.4, 0.5) is 10.1 Å². The summed E-state index contributed by atoms with van der Waals surface area (Å²) in [6.07, 6.45) is 0.159. The summed E-state index contributed by atoms with van der Waals surface area (Å²) in [6, 6.07) is 1.51. The smallest absolute Gasteiger partial charge is 0.326 e. The number of non-ortho nitro benzene ring substituents is 1. The third kappa shape index (κ3) is 3.08. The van der Waals surface area contributed by atoms with Crippen molar-refractivity contribution in [2.75, 3.05) is 7.05 Å². The van der Waals surface area contributed by atoms with Gasteiger partial charge in [-0.15, -0.1) is 0 Å². The number of aliphatic carboxylic acids is 1. The summed E-state index contributed by atoms with van der Waals surface area (Å²) in [4.78, 5) is 33.6. The van der Waals surface area contributed by atoms with Crippen molar-refractivity contribution in [3.63, 3.8) is 0 Å². The zero-order chi connectivity index (χ0) is 15.4. The molecule has 0 radical (unpaired) electrons. The molecule has 0 aliphatic heterocycles. The highest BCUT2D eigenvalue weighted by atomic mass is 19.1. The Kier molecular flexibility index (Phi) is 4.73. The second-order valence-electron chi connectivity index (χ2n) is 4.10. The number of carbonyl (C=O) groups is 2. The molecule has 0 aliphatic rings. The van der Waals surface area contributed by atoms with E-state index in [9.17, 15) is 24.1 Å². The molecule has 20 heavy (non-hydrogen) atoms. The Bertz CT molecular complexity index is 561. The Labute approximate surface area is 113 Å². The fraction of sp³-hybridized carbons (Fsp3) is 0.333. The van der Waals surface area contributed by atoms with Crippen LogP contribution in [0.3, 0.4) is 0 Å². The van der Waals surface area contributed by atoms with Crippen molar-refractivity contribution in [1.82, 2.24) is 4.90 Å². The van der Waals surface area contributed by atoms with Crippen molar-refractivity contribution in [2.24, 2.45) is 0 Å². The van der Waals surface area contributed by atoms with Gasteiger partial charge in [0.2, 0.25) is 0 Å². The molecule has 1 N–H and O–H groups in total. The minimum Gasteiger partial charge on any atom is -0.480 e. The fourth-order valence-corrected chi connectivity index (χ4v) is 1.74. The van der Waals surface area contributed by atoms with Crippen molar-refractivity contribution in [1.29, 1.82) is 0 Å². The molecule has 1 aromatic carbocycles. The third-order valence-corrected chi connectivity index (χ3v) is 2.85. The van der Waals surface area contributed by atoms with E-state index in [1.54, 1.807) is 6.92 Å². The first-order valence-electron chi connectivity index (χ1n) is 5.73. The number of hydrogen-bond donors (Lipinski definition) is 1. The van der Waals surface area contributed by atoms with Gasteiger partial charge in [-0.3, -0.25) is 14.9 Å². The zero-order valence-corrected chi connectivity index (χ0v) is 10.9. The van der Waals surface area contributed by atoms with E-state index in [0.717, 1.165) is 17.0 Å². The summed E-state index contributed by atoms with van der Waals surface area (Å²) >= 11 is 0. The Morgan fingerprint density at radius 2 is 2.10 bits per heavy atom. The molecule has 1 atom stereocenters. The van der Waals surface area contributed by atoms with Crippen LogP contribution in [0, 0.1) is 15.9 Å². The molecule has 0 fully saturated rings. The molecule has 0 bridgehead atoms. The van der Waals surface area contributed by atoms with Crippen LogP contribution in [-0.2, 0) is 4.79 Å². The summed E-state index contributed by atoms with van der Waals surface area (Å²) in [5.74, 6) is -3.10. The summed E-state index contributed by atoms with van der Waals surface area (Å²) in [5.41, 5.74) is -0.884. The lowest BCUT2D eigenvalue weighted by molar-refractivity contribution is -0.385. The highest BCUT2D eigenvalue weighted by Crippen LogP contribution is 2.19. The second-order valence-corrected chi connectivity index (χ2v) is 4.10. The highest BCUT2D eigenvalue weighted by Gasteiger charge is 2.27. The molecule has 0 heterocycles. The topological polar surface area (TPSA) is 101 Å². The van der Waals surface area contributed by atoms with E-state index in [-0.39, 0.29) is 6.42 Å². The molecule has 1 aromatic rings. The van der Waals surface area contributed by atoms with Gasteiger partial charge in [-0.05, 0) is 12.5 Å². The molecule has 0 spiro atoms. The number of amides is 1. The van der Waals surface area contributed by atoms with Gasteiger partial charge in [-0.1, -0.05) is 6.92 Å². The van der Waals surface area contributed by atoms with Crippen LogP contribution in [0.5, 0.6) is 0 Å². The normalized spacial score (nSPS) is 11.8. The monoisotopic (exact) mass is 284 g/mol. The van der Waals surface area contributed by atoms with Crippen molar-refractivity contribution in [2.45, 2.75) is 19.4 Å². The average molecular weight is 284 g/mol. The van der Waals surface area contributed by atoms with Crippen LogP contribution in [0.1, 0.15) is 23.7 Å². The standard InChI is InChI=1S/C12H13FN2O5/c1-3-10(12(17)18)14(2)11(16)8-5-4-7(15(19)20)6-9(8)13/h4-6,10H,3H2,1-2H3,(H,17,18). The fourth-order valence-electron chi connectivity index (χ4n) is 1.74. The second kappa shape index (κ2) is 6.09. The molecule has 0 saturated carbocycles. The van der Waals surface area contributed by atoms with Gasteiger partial charge in [-0.2, -0.15) is 0 Å². The Hall–Kier alpha value is -2.51. The highest BCUT2D eigenvalue weighted by molar-refractivity contribution is 5.96. The molecular formula is C12H13FN2O5. The van der Waals surface area contributed by atoms with Crippen LogP contribution in [0.2, 0.25) is 0 Å². The van der Waals surface area contributed by atoms with Crippen molar-refractivity contribution < 1.29 is 24.0 Å². The number of carbonyl (C=O) groups excluding carboxylic acids is 1. The first-order valence-corrected chi connectivity index (χ1v) is 5.73. The number of rotatable bonds is 5. The lowest BCUT2D eigenvalue weighted by atomic mass is 10.1. The quantitative estimate of drug-likeness (QED) is 0.654. The predicted molar refractivity (Wildman–Crippen MR) is 66.9 cm³/mol. The largest absolute Gasteiger partial charge is 0.480 e. The number of hydrogen-bond acceptors (Lipinski definition) is 4. The number of nitrogens with zero attached hydrogens (tertiary/aromatic N) is 2. The number of benzene rings is 1. The molecule has 8 heteroatoms. The molecular weight excluding hydrogens is 271 g/mol. The predicted octanol–water partition coefficient (Wildman–Crippen LogP) is 1.67. The molecule has 1 amide bonds. The minimum atomic E-state index is -1.20. The van der Waals surface area contributed by atoms with Crippen molar-refractivity contribution in [3.05, 3.63) is 39.7 Å². The lowest BCUT2D eigenvalue weighted by Gasteiger charge is -2.23. The van der Waals surface area contributed by atoms with Crippen LogP contribution in [0.15, 0.2) is 18.2 Å². The molecule has 0 saturated heterocycles. The molecule has 0 aliphatic carbocycles. The number of carboxylic acids is 1. The van der Waals surface area contributed by atoms with Crippen LogP contribution < -0.4 is 0 Å². The van der Waals surface area contributed by atoms with E-state index in [1.165, 1.54) is 7.05 Å². The Morgan fingerprint density at radius 3 is 2.50 bits per heavy atom. The van der Waals surface area contributed by atoms with E-state index >= 15 is 0 Å². The number of nitro benzene ring substituents is 1. The van der Waals surface area contributed by atoms with Crippen molar-refractivity contribution >= 4 is 17.6 Å². The van der Waals surface area contributed by atoms with E-state index in [2.05, 4.69) is 0 Å². The molecule has 1 rings (SSSR count). The summed E-state index contributed by atoms with van der Waals surface area (Å²) in [5, 5.41) is 19.4. The minimum absolute atomic E-state index is 0.159. The third-order valence-electron chi connectivity index (χ3n) is 2.85. The molecule has 0 aromatic heterocycles. The van der Waals surface area contributed by atoms with Gasteiger partial charge in [0.15, 0.2) is 0 Å². The van der Waals surface area contributed by atoms with Gasteiger partial charge >= 0.3 is 5.97 Å². The van der Waals surface area contributed by atoms with Crippen molar-refractivity contribution in [3.8, 4) is 0 Å². The molecule has 1 unspecified atom stereocenters. The lowest BCUT2D eigenvalue weighted by Crippen LogP contribution is -2.42. The maximum atomic E-state index is 13.7. The number of halogens is 1. The molecule has 7 nitrogen and oxygen atoms in total. The van der Waals surface area contributed by atoms with E-state index < -0.39 is 39.9 Å². The maximum Gasteiger partial charge on any atom is 0.326 e. The van der Waals surface area contributed by atoms with Crippen LogP contribution >= 0.6 is 0 Å². The maximum absolute atomic E-state index is 13.7. The first-order chi connectivity index (χ1) is 9.29. The Morgan fingerprint density at radius 1 is 1.50 bits per heavy atom. The van der Waals surface area contributed by atoms with Gasteiger partial charge < -0.3 is 10.0 Å². The average Bonchev–Trinajstić information content (AvgIpc) is 2.37. The number of likely N-dealkylation sites (N-methyl/N-ethyl adjacent to an activating group) is 1. The Balaban J connectivity index is 3.09. The van der Waals surface area contributed by atoms with E-state index in [0.29, 0.717) is 6.07 Å². The SMILES string of the molecule is CCC(C(=O)O)N(C)C(=O)c1ccc([N+](=O)[O-])cc1F. The van der Waals surface area contributed by atoms with Gasteiger partial charge in [0.1, 0.15) is 11.9 Å². The summed E-state index contributed by atoms with van der Waals surface area (Å²) in [6.45, 7) is 1.58. The van der Waals surface area contributed by atoms with Gasteiger partial charge in [0.05, 0.1) is 16.6 Å². The van der Waals surface area contributed by atoms with Gasteiger partial charge in [0, 0.05) is 13.1 Å². The number of carboxylic acid groups (broad SMARTS) is 1.